The fourth-order valence-electron chi connectivity index (χ4n) is 4.50. The topological polar surface area (TPSA) is 61.4 Å². The average Bonchev–Trinajstić information content (AvgIpc) is 3.37. The van der Waals surface area contributed by atoms with Gasteiger partial charge < -0.3 is 10.2 Å². The predicted octanol–water partition coefficient (Wildman–Crippen LogP) is 5.11. The maximum absolute atomic E-state index is 12.5. The Labute approximate surface area is 219 Å². The molecule has 1 N–H and O–H groups in total. The number of carbonyl (C=O) groups excluding carboxylic acids is 1. The Bertz CT molecular complexity index is 1070. The Balaban J connectivity index is 1.14. The van der Waals surface area contributed by atoms with E-state index in [-0.39, 0.29) is 5.91 Å². The number of amides is 1. The number of benzene rings is 2. The fourth-order valence-corrected chi connectivity index (χ4v) is 5.24. The summed E-state index contributed by atoms with van der Waals surface area (Å²) in [6, 6.07) is 16.7. The van der Waals surface area contributed by atoms with Crippen molar-refractivity contribution < 1.29 is 4.79 Å². The van der Waals surface area contributed by atoms with Crippen molar-refractivity contribution in [3.8, 4) is 0 Å². The molecule has 0 atom stereocenters. The lowest BCUT2D eigenvalue weighted by molar-refractivity contribution is 0.0947. The minimum Gasteiger partial charge on any atom is -0.351 e. The van der Waals surface area contributed by atoms with Crippen LogP contribution in [0, 0.1) is 6.92 Å². The SMILES string of the molecule is CCCCCCc1ccc(C(=O)NCCN2CCN(c3nc(Cc4ccc(C)cc4)ns3)CC2)cc1. The van der Waals surface area contributed by atoms with E-state index in [9.17, 15) is 4.79 Å². The molecule has 36 heavy (non-hydrogen) atoms. The summed E-state index contributed by atoms with van der Waals surface area (Å²) in [6.07, 6.45) is 6.93. The van der Waals surface area contributed by atoms with Crippen LogP contribution in [-0.4, -0.2) is 59.4 Å². The molecule has 0 aliphatic carbocycles. The van der Waals surface area contributed by atoms with Crippen molar-refractivity contribution in [3.05, 3.63) is 76.6 Å². The van der Waals surface area contributed by atoms with Gasteiger partial charge in [0.05, 0.1) is 0 Å². The molecule has 1 saturated heterocycles. The van der Waals surface area contributed by atoms with Crippen LogP contribution in [0.25, 0.3) is 0 Å². The van der Waals surface area contributed by atoms with Gasteiger partial charge in [-0.15, -0.1) is 0 Å². The van der Waals surface area contributed by atoms with E-state index in [1.165, 1.54) is 53.9 Å². The minimum atomic E-state index is 0.0149. The number of piperazine rings is 1. The Kier molecular flexibility index (Phi) is 9.87. The van der Waals surface area contributed by atoms with Crippen molar-refractivity contribution in [2.45, 2.75) is 52.4 Å². The van der Waals surface area contributed by atoms with E-state index in [1.54, 1.807) is 0 Å². The second-order valence-corrected chi connectivity index (χ2v) is 10.5. The van der Waals surface area contributed by atoms with Crippen molar-refractivity contribution in [3.63, 3.8) is 0 Å². The highest BCUT2D eigenvalue weighted by Gasteiger charge is 2.20. The molecule has 0 bridgehead atoms. The van der Waals surface area contributed by atoms with E-state index in [0.29, 0.717) is 6.54 Å². The van der Waals surface area contributed by atoms with Crippen LogP contribution in [0.15, 0.2) is 48.5 Å². The molecule has 1 amide bonds. The van der Waals surface area contributed by atoms with Gasteiger partial charge in [-0.25, -0.2) is 4.98 Å². The van der Waals surface area contributed by atoms with Gasteiger partial charge in [-0.3, -0.25) is 9.69 Å². The summed E-state index contributed by atoms with van der Waals surface area (Å²) in [7, 11) is 0. The third kappa shape index (κ3) is 7.87. The van der Waals surface area contributed by atoms with Crippen LogP contribution in [0.3, 0.4) is 0 Å². The second-order valence-electron chi connectivity index (χ2n) is 9.75. The van der Waals surface area contributed by atoms with Crippen molar-refractivity contribution in [1.82, 2.24) is 19.6 Å². The van der Waals surface area contributed by atoms with Crippen molar-refractivity contribution in [1.29, 1.82) is 0 Å². The molecule has 1 aliphatic heterocycles. The van der Waals surface area contributed by atoms with E-state index in [1.807, 2.05) is 12.1 Å². The van der Waals surface area contributed by atoms with E-state index in [2.05, 4.69) is 69.7 Å². The van der Waals surface area contributed by atoms with E-state index in [4.69, 9.17) is 4.98 Å². The number of rotatable bonds is 12. The predicted molar refractivity (Wildman–Crippen MR) is 149 cm³/mol. The lowest BCUT2D eigenvalue weighted by Crippen LogP contribution is -2.48. The molecule has 0 spiro atoms. The smallest absolute Gasteiger partial charge is 0.251 e. The van der Waals surface area contributed by atoms with Crippen molar-refractivity contribution in [2.75, 3.05) is 44.2 Å². The molecular weight excluding hydrogens is 466 g/mol. The minimum absolute atomic E-state index is 0.0149. The van der Waals surface area contributed by atoms with E-state index < -0.39 is 0 Å². The summed E-state index contributed by atoms with van der Waals surface area (Å²) >= 11 is 1.50. The standard InChI is InChI=1S/C29H39N5OS/c1-3-4-5-6-7-24-12-14-26(15-13-24)28(35)30-16-17-33-18-20-34(21-19-33)29-31-27(32-36-29)22-25-10-8-23(2)9-11-25/h8-15H,3-7,16-22H2,1-2H3,(H,30,35). The number of aromatic nitrogens is 2. The Morgan fingerprint density at radius 2 is 1.67 bits per heavy atom. The average molecular weight is 506 g/mol. The first-order chi connectivity index (χ1) is 17.6. The molecule has 0 radical (unpaired) electrons. The third-order valence-electron chi connectivity index (χ3n) is 6.83. The monoisotopic (exact) mass is 505 g/mol. The van der Waals surface area contributed by atoms with Crippen LogP contribution in [0.4, 0.5) is 5.13 Å². The van der Waals surface area contributed by atoms with E-state index in [0.717, 1.165) is 62.1 Å². The fraction of sp³-hybridized carbons (Fsp3) is 0.483. The zero-order chi connectivity index (χ0) is 25.2. The number of hydrogen-bond acceptors (Lipinski definition) is 6. The zero-order valence-electron chi connectivity index (χ0n) is 21.7. The first kappa shape index (κ1) is 26.3. The highest BCUT2D eigenvalue weighted by atomic mass is 32.1. The molecule has 1 fully saturated rings. The Morgan fingerprint density at radius 1 is 0.944 bits per heavy atom. The molecule has 192 valence electrons. The van der Waals surface area contributed by atoms with Gasteiger partial charge in [0.15, 0.2) is 0 Å². The molecule has 2 heterocycles. The van der Waals surface area contributed by atoms with Gasteiger partial charge in [-0.1, -0.05) is 68.1 Å². The summed E-state index contributed by atoms with van der Waals surface area (Å²) in [4.78, 5) is 22.1. The van der Waals surface area contributed by atoms with Crippen LogP contribution in [0.1, 0.15) is 65.5 Å². The molecule has 4 rings (SSSR count). The van der Waals surface area contributed by atoms with Gasteiger partial charge in [-0.2, -0.15) is 4.37 Å². The van der Waals surface area contributed by atoms with Crippen LogP contribution >= 0.6 is 11.5 Å². The van der Waals surface area contributed by atoms with Crippen LogP contribution in [0.5, 0.6) is 0 Å². The number of carbonyl (C=O) groups is 1. The normalized spacial score (nSPS) is 14.2. The molecule has 3 aromatic rings. The number of anilines is 1. The number of unbranched alkanes of at least 4 members (excludes halogenated alkanes) is 3. The molecule has 2 aromatic carbocycles. The Morgan fingerprint density at radius 3 is 2.39 bits per heavy atom. The van der Waals surface area contributed by atoms with Gasteiger partial charge in [0.1, 0.15) is 5.82 Å². The van der Waals surface area contributed by atoms with Crippen LogP contribution in [0.2, 0.25) is 0 Å². The first-order valence-electron chi connectivity index (χ1n) is 13.3. The lowest BCUT2D eigenvalue weighted by atomic mass is 10.0. The van der Waals surface area contributed by atoms with Gasteiger partial charge in [0.25, 0.3) is 5.91 Å². The number of nitrogens with zero attached hydrogens (tertiary/aromatic N) is 4. The van der Waals surface area contributed by atoms with Gasteiger partial charge in [0.2, 0.25) is 5.13 Å². The van der Waals surface area contributed by atoms with Crippen LogP contribution < -0.4 is 10.2 Å². The Hall–Kier alpha value is -2.77. The highest BCUT2D eigenvalue weighted by molar-refractivity contribution is 7.09. The second kappa shape index (κ2) is 13.5. The van der Waals surface area contributed by atoms with Crippen LogP contribution in [-0.2, 0) is 12.8 Å². The van der Waals surface area contributed by atoms with Gasteiger partial charge >= 0.3 is 0 Å². The number of aryl methyl sites for hydroxylation is 2. The van der Waals surface area contributed by atoms with Gasteiger partial charge in [-0.05, 0) is 43.0 Å². The van der Waals surface area contributed by atoms with E-state index >= 15 is 0 Å². The molecule has 6 nitrogen and oxygen atoms in total. The molecule has 0 saturated carbocycles. The zero-order valence-corrected chi connectivity index (χ0v) is 22.5. The molecule has 7 heteroatoms. The molecular formula is C29H39N5OS. The van der Waals surface area contributed by atoms with Crippen molar-refractivity contribution >= 4 is 22.6 Å². The third-order valence-corrected chi connectivity index (χ3v) is 7.65. The molecule has 1 aromatic heterocycles. The largest absolute Gasteiger partial charge is 0.351 e. The van der Waals surface area contributed by atoms with Gasteiger partial charge in [0, 0.05) is 62.8 Å². The quantitative estimate of drug-likeness (QED) is 0.347. The number of hydrogen-bond donors (Lipinski definition) is 1. The maximum atomic E-state index is 12.5. The number of nitrogens with one attached hydrogen (secondary N) is 1. The molecule has 1 aliphatic rings. The maximum Gasteiger partial charge on any atom is 0.251 e. The summed E-state index contributed by atoms with van der Waals surface area (Å²) in [5, 5.41) is 4.10. The van der Waals surface area contributed by atoms with Crippen molar-refractivity contribution in [2.24, 2.45) is 0 Å². The summed E-state index contributed by atoms with van der Waals surface area (Å²) in [5.74, 6) is 0.912. The molecule has 0 unspecified atom stereocenters. The summed E-state index contributed by atoms with van der Waals surface area (Å²) < 4.78 is 4.58. The summed E-state index contributed by atoms with van der Waals surface area (Å²) in [6.45, 7) is 9.67. The first-order valence-corrected chi connectivity index (χ1v) is 14.1. The highest BCUT2D eigenvalue weighted by Crippen LogP contribution is 2.20. The summed E-state index contributed by atoms with van der Waals surface area (Å²) in [5.41, 5.74) is 4.58. The lowest BCUT2D eigenvalue weighted by Gasteiger charge is -2.34.